The summed E-state index contributed by atoms with van der Waals surface area (Å²) >= 11 is 5.90. The fourth-order valence-corrected chi connectivity index (χ4v) is 7.82. The number of carbonyl (C=O) groups is 1. The zero-order chi connectivity index (χ0) is 31.3. The number of carbonyl (C=O) groups excluding carboxylic acids is 1. The van der Waals surface area contributed by atoms with Gasteiger partial charge in [-0.25, -0.2) is 9.67 Å². The maximum Gasteiger partial charge on any atom is 0.241 e. The minimum absolute atomic E-state index is 0.0672. The first-order valence-electron chi connectivity index (χ1n) is 15.7. The molecular weight excluding hydrogens is 594 g/mol. The smallest absolute Gasteiger partial charge is 0.241 e. The highest BCUT2D eigenvalue weighted by atomic mass is 35.5. The van der Waals surface area contributed by atoms with Gasteiger partial charge in [0.25, 0.3) is 0 Å². The number of hydrogen-bond donors (Lipinski definition) is 0. The Balaban J connectivity index is 1.56. The van der Waals surface area contributed by atoms with E-state index in [0.29, 0.717) is 24.8 Å². The van der Waals surface area contributed by atoms with E-state index in [9.17, 15) is 4.79 Å². The number of amides is 1. The number of aryl methyl sites for hydroxylation is 1. The molecule has 0 aliphatic heterocycles. The Kier molecular flexibility index (Phi) is 9.10. The zero-order valence-electron chi connectivity index (χ0n) is 27.6. The summed E-state index contributed by atoms with van der Waals surface area (Å²) in [6, 6.07) is 6.35. The third-order valence-electron chi connectivity index (χ3n) is 9.28. The summed E-state index contributed by atoms with van der Waals surface area (Å²) in [7, 11) is -0.648. The molecule has 1 aromatic carbocycles. The lowest BCUT2D eigenvalue weighted by atomic mass is 9.87. The van der Waals surface area contributed by atoms with Crippen molar-refractivity contribution in [2.45, 2.75) is 97.9 Å². The number of anilines is 1. The molecule has 5 rings (SSSR count). The molecule has 2 heterocycles. The number of imidazole rings is 1. The molecule has 0 bridgehead atoms. The topological polar surface area (TPSA) is 74.4 Å². The maximum absolute atomic E-state index is 12.5. The first kappa shape index (κ1) is 32.4. The summed E-state index contributed by atoms with van der Waals surface area (Å²) in [5.41, 5.74) is 7.50. The van der Waals surface area contributed by atoms with Crippen LogP contribution in [0.5, 0.6) is 0 Å². The molecule has 1 saturated carbocycles. The summed E-state index contributed by atoms with van der Waals surface area (Å²) in [6.07, 6.45) is 3.31. The molecule has 2 aliphatic carbocycles. The molecule has 3 aromatic rings. The van der Waals surface area contributed by atoms with Crippen LogP contribution >= 0.6 is 11.6 Å². The van der Waals surface area contributed by atoms with E-state index in [1.165, 1.54) is 17.7 Å². The molecule has 1 fully saturated rings. The lowest BCUT2D eigenvalue weighted by molar-refractivity contribution is -0.116. The van der Waals surface area contributed by atoms with Gasteiger partial charge in [0.2, 0.25) is 5.91 Å². The first-order chi connectivity index (χ1) is 20.1. The Bertz CT molecular complexity index is 1510. The van der Waals surface area contributed by atoms with E-state index in [-0.39, 0.29) is 11.8 Å². The number of nitrogens with zero attached hydrogens (tertiary/aromatic N) is 5. The van der Waals surface area contributed by atoms with Crippen LogP contribution in [0.3, 0.4) is 0 Å². The van der Waals surface area contributed by atoms with Gasteiger partial charge < -0.3 is 14.4 Å². The average Bonchev–Trinajstić information content (AvgIpc) is 3.29. The first-order valence-corrected chi connectivity index (χ1v) is 23.6. The maximum atomic E-state index is 12.5. The molecule has 2 aromatic heterocycles. The van der Waals surface area contributed by atoms with Crippen molar-refractivity contribution >= 4 is 50.4 Å². The van der Waals surface area contributed by atoms with Crippen molar-refractivity contribution in [3.63, 3.8) is 0 Å². The van der Waals surface area contributed by atoms with Crippen LogP contribution in [0.2, 0.25) is 51.4 Å². The van der Waals surface area contributed by atoms with Gasteiger partial charge in [0.05, 0.1) is 11.0 Å². The number of rotatable bonds is 13. The molecule has 0 saturated heterocycles. The van der Waals surface area contributed by atoms with Gasteiger partial charge in [-0.1, -0.05) is 46.2 Å². The highest BCUT2D eigenvalue weighted by molar-refractivity contribution is 6.76. The van der Waals surface area contributed by atoms with Gasteiger partial charge in [0, 0.05) is 53.4 Å². The lowest BCUT2D eigenvalue weighted by Crippen LogP contribution is -2.27. The van der Waals surface area contributed by atoms with E-state index >= 15 is 0 Å². The van der Waals surface area contributed by atoms with Crippen molar-refractivity contribution in [3.05, 3.63) is 29.0 Å². The van der Waals surface area contributed by atoms with E-state index < -0.39 is 16.1 Å². The Morgan fingerprint density at radius 3 is 2.37 bits per heavy atom. The molecule has 8 nitrogen and oxygen atoms in total. The number of alkyl halides is 1. The van der Waals surface area contributed by atoms with E-state index in [1.54, 1.807) is 11.9 Å². The van der Waals surface area contributed by atoms with Crippen LogP contribution in [0.1, 0.15) is 30.2 Å². The van der Waals surface area contributed by atoms with Gasteiger partial charge >= 0.3 is 0 Å². The Morgan fingerprint density at radius 2 is 1.74 bits per heavy atom. The number of hydrogen-bond acceptors (Lipinski definition) is 5. The molecule has 0 N–H and O–H groups in total. The molecular formula is C32H50ClN5O3Si2. The number of fused-ring (bicyclic) bond motifs is 3. The van der Waals surface area contributed by atoms with Crippen LogP contribution in [0.15, 0.2) is 12.1 Å². The third-order valence-corrected chi connectivity index (χ3v) is 12.9. The van der Waals surface area contributed by atoms with E-state index in [2.05, 4.69) is 61.5 Å². The second-order valence-corrected chi connectivity index (χ2v) is 27.0. The monoisotopic (exact) mass is 643 g/mol. The van der Waals surface area contributed by atoms with Crippen LogP contribution in [0.25, 0.3) is 22.6 Å². The second-order valence-electron chi connectivity index (χ2n) is 15.5. The third kappa shape index (κ3) is 7.14. The van der Waals surface area contributed by atoms with Crippen LogP contribution in [-0.4, -0.2) is 67.5 Å². The fraction of sp³-hybridized carbons (Fsp3) is 0.656. The molecule has 2 atom stereocenters. The fourth-order valence-electron chi connectivity index (χ4n) is 6.13. The molecule has 43 heavy (non-hydrogen) atoms. The minimum atomic E-state index is -1.23. The van der Waals surface area contributed by atoms with Crippen LogP contribution < -0.4 is 4.90 Å². The lowest BCUT2D eigenvalue weighted by Gasteiger charge is -2.21. The van der Waals surface area contributed by atoms with Crippen molar-refractivity contribution in [2.75, 3.05) is 31.0 Å². The van der Waals surface area contributed by atoms with Gasteiger partial charge in [0.1, 0.15) is 25.0 Å². The van der Waals surface area contributed by atoms with Crippen molar-refractivity contribution < 1.29 is 14.3 Å². The van der Waals surface area contributed by atoms with Crippen molar-refractivity contribution in [3.8, 4) is 11.5 Å². The average molecular weight is 644 g/mol. The Labute approximate surface area is 264 Å². The predicted octanol–water partition coefficient (Wildman–Crippen LogP) is 7.16. The second kappa shape index (κ2) is 12.1. The van der Waals surface area contributed by atoms with Gasteiger partial charge in [-0.2, -0.15) is 5.10 Å². The number of ether oxygens (including phenoxy) is 2. The SMILES string of the molecule is Cc1cc2c(cc1N(C)C(=O)CCl)nc(-c1nn(COCC[Si](C)(C)C)c3c1C[C@@H]1C[C@]1(C)C3)n2COCC[Si](C)(C)C. The van der Waals surface area contributed by atoms with Crippen LogP contribution in [0.4, 0.5) is 5.69 Å². The van der Waals surface area contributed by atoms with E-state index in [4.69, 9.17) is 31.2 Å². The predicted molar refractivity (Wildman–Crippen MR) is 182 cm³/mol. The van der Waals surface area contributed by atoms with Gasteiger partial charge in [-0.15, -0.1) is 11.6 Å². The number of halogens is 1. The van der Waals surface area contributed by atoms with E-state index in [1.807, 2.05) is 13.0 Å². The Morgan fingerprint density at radius 1 is 1.09 bits per heavy atom. The minimum Gasteiger partial charge on any atom is -0.361 e. The summed E-state index contributed by atoms with van der Waals surface area (Å²) < 4.78 is 16.8. The molecule has 0 spiro atoms. The Hall–Kier alpha value is -1.99. The normalized spacial score (nSPS) is 19.9. The highest BCUT2D eigenvalue weighted by Gasteiger charge is 2.54. The summed E-state index contributed by atoms with van der Waals surface area (Å²) in [5, 5.41) is 5.22. The largest absolute Gasteiger partial charge is 0.361 e. The molecule has 0 unspecified atom stereocenters. The number of benzene rings is 1. The van der Waals surface area contributed by atoms with E-state index in [0.717, 1.165) is 71.9 Å². The quantitative estimate of drug-likeness (QED) is 0.112. The highest BCUT2D eigenvalue weighted by Crippen LogP contribution is 2.60. The van der Waals surface area contributed by atoms with Crippen LogP contribution in [0, 0.1) is 18.3 Å². The van der Waals surface area contributed by atoms with Gasteiger partial charge in [-0.3, -0.25) is 9.36 Å². The van der Waals surface area contributed by atoms with Crippen molar-refractivity contribution in [1.29, 1.82) is 0 Å². The molecule has 0 radical (unpaired) electrons. The van der Waals surface area contributed by atoms with Gasteiger partial charge in [0.15, 0.2) is 5.82 Å². The molecule has 236 valence electrons. The zero-order valence-corrected chi connectivity index (χ0v) is 30.4. The van der Waals surface area contributed by atoms with Crippen LogP contribution in [-0.2, 0) is 40.6 Å². The summed E-state index contributed by atoms with van der Waals surface area (Å²) in [5.74, 6) is 1.31. The van der Waals surface area contributed by atoms with Gasteiger partial charge in [-0.05, 0) is 67.3 Å². The molecule has 1 amide bonds. The number of aromatic nitrogens is 4. The van der Waals surface area contributed by atoms with Crippen molar-refractivity contribution in [2.24, 2.45) is 11.3 Å². The standard InChI is InChI=1S/C32H50ClN5O3Si2/c1-22-14-27-25(16-26(22)36(3)29(39)19-33)34-31(37(27)20-40-10-12-42(4,5)6)30-24-15-23-17-32(23,2)18-28(24)38(35-30)21-41-11-13-43(7,8)9/h14,16,23H,10-13,15,17-21H2,1-9H3/t23-,32-/m1/s1. The molecule has 11 heteroatoms. The molecule has 2 aliphatic rings. The van der Waals surface area contributed by atoms with Crippen molar-refractivity contribution in [1.82, 2.24) is 19.3 Å². The summed E-state index contributed by atoms with van der Waals surface area (Å²) in [4.78, 5) is 19.3. The summed E-state index contributed by atoms with van der Waals surface area (Å²) in [6.45, 7) is 21.0.